The molecule has 0 atom stereocenters. The van der Waals surface area contributed by atoms with E-state index in [1.54, 1.807) is 0 Å². The summed E-state index contributed by atoms with van der Waals surface area (Å²) in [6, 6.07) is 0. The van der Waals surface area contributed by atoms with Gasteiger partial charge in [-0.05, 0) is 29.8 Å². The van der Waals surface area contributed by atoms with Crippen LogP contribution in [0.1, 0.15) is 40.3 Å². The molecule has 0 radical (unpaired) electrons. The lowest BCUT2D eigenvalue weighted by atomic mass is 9.92. The van der Waals surface area contributed by atoms with Gasteiger partial charge in [0, 0.05) is 18.5 Å². The van der Waals surface area contributed by atoms with E-state index in [0.717, 1.165) is 23.3 Å². The molecule has 0 aliphatic rings. The molecule has 17 heavy (non-hydrogen) atoms. The van der Waals surface area contributed by atoms with Crippen LogP contribution in [0.15, 0.2) is 4.47 Å². The third-order valence-corrected chi connectivity index (χ3v) is 3.81. The molecular weight excluding hydrogens is 302 g/mol. The van der Waals surface area contributed by atoms with Crippen LogP contribution in [-0.4, -0.2) is 23.1 Å². The highest BCUT2D eigenvalue weighted by Crippen LogP contribution is 2.33. The standard InChI is InChI=1S/C12H19BrClN3/c1-6-17(7-2)11-15-9(12(3,4)5)8(13)10(14)16-11/h6-7H2,1-5H3. The topological polar surface area (TPSA) is 29.0 Å². The molecule has 1 heterocycles. The summed E-state index contributed by atoms with van der Waals surface area (Å²) < 4.78 is 0.794. The van der Waals surface area contributed by atoms with Crippen LogP contribution in [0.4, 0.5) is 5.95 Å². The Labute approximate surface area is 117 Å². The molecule has 0 spiro atoms. The second-order valence-electron chi connectivity index (χ2n) is 4.90. The first-order valence-electron chi connectivity index (χ1n) is 5.79. The van der Waals surface area contributed by atoms with Gasteiger partial charge in [-0.25, -0.2) is 4.98 Å². The van der Waals surface area contributed by atoms with E-state index < -0.39 is 0 Å². The van der Waals surface area contributed by atoms with Crippen LogP contribution < -0.4 is 4.90 Å². The Hall–Kier alpha value is -0.350. The summed E-state index contributed by atoms with van der Waals surface area (Å²) >= 11 is 9.63. The maximum atomic E-state index is 6.16. The van der Waals surface area contributed by atoms with Crippen molar-refractivity contribution in [2.24, 2.45) is 0 Å². The zero-order valence-electron chi connectivity index (χ0n) is 11.0. The Morgan fingerprint density at radius 2 is 1.71 bits per heavy atom. The minimum Gasteiger partial charge on any atom is -0.341 e. The van der Waals surface area contributed by atoms with Gasteiger partial charge in [0.05, 0.1) is 10.2 Å². The zero-order chi connectivity index (χ0) is 13.2. The first kappa shape index (κ1) is 14.7. The maximum absolute atomic E-state index is 6.16. The van der Waals surface area contributed by atoms with E-state index >= 15 is 0 Å². The van der Waals surface area contributed by atoms with Gasteiger partial charge in [0.2, 0.25) is 5.95 Å². The van der Waals surface area contributed by atoms with Gasteiger partial charge >= 0.3 is 0 Å². The van der Waals surface area contributed by atoms with Crippen molar-refractivity contribution in [2.75, 3.05) is 18.0 Å². The molecule has 1 aromatic heterocycles. The average Bonchev–Trinajstić information content (AvgIpc) is 2.23. The third-order valence-electron chi connectivity index (χ3n) is 2.56. The Morgan fingerprint density at radius 1 is 1.18 bits per heavy atom. The molecule has 0 fully saturated rings. The molecule has 0 N–H and O–H groups in total. The minimum absolute atomic E-state index is 0.0622. The Balaban J connectivity index is 3.33. The van der Waals surface area contributed by atoms with Gasteiger partial charge in [-0.1, -0.05) is 32.4 Å². The molecule has 0 aromatic carbocycles. The van der Waals surface area contributed by atoms with Gasteiger partial charge in [0.1, 0.15) is 5.15 Å². The lowest BCUT2D eigenvalue weighted by molar-refractivity contribution is 0.561. The van der Waals surface area contributed by atoms with Crippen LogP contribution in [0, 0.1) is 0 Å². The normalized spacial score (nSPS) is 11.7. The van der Waals surface area contributed by atoms with Crippen molar-refractivity contribution < 1.29 is 0 Å². The molecule has 0 aliphatic carbocycles. The summed E-state index contributed by atoms with van der Waals surface area (Å²) in [4.78, 5) is 11.0. The van der Waals surface area contributed by atoms with Crippen LogP contribution in [0.5, 0.6) is 0 Å². The first-order valence-corrected chi connectivity index (χ1v) is 6.96. The summed E-state index contributed by atoms with van der Waals surface area (Å²) in [6.45, 7) is 12.3. The monoisotopic (exact) mass is 319 g/mol. The lowest BCUT2D eigenvalue weighted by Crippen LogP contribution is -2.26. The Kier molecular flexibility index (Phi) is 4.78. The smallest absolute Gasteiger partial charge is 0.227 e. The molecule has 0 amide bonds. The van der Waals surface area contributed by atoms with E-state index in [4.69, 9.17) is 11.6 Å². The molecule has 0 aliphatic heterocycles. The predicted octanol–water partition coefficient (Wildman–Crippen LogP) is 4.04. The van der Waals surface area contributed by atoms with E-state index in [1.807, 2.05) is 0 Å². The largest absolute Gasteiger partial charge is 0.341 e. The van der Waals surface area contributed by atoms with Crippen molar-refractivity contribution in [3.8, 4) is 0 Å². The Morgan fingerprint density at radius 3 is 2.12 bits per heavy atom. The zero-order valence-corrected chi connectivity index (χ0v) is 13.4. The molecule has 96 valence electrons. The van der Waals surface area contributed by atoms with E-state index in [0.29, 0.717) is 11.1 Å². The molecular formula is C12H19BrClN3. The van der Waals surface area contributed by atoms with Crippen LogP contribution in [0.3, 0.4) is 0 Å². The second kappa shape index (κ2) is 5.53. The van der Waals surface area contributed by atoms with Crippen molar-refractivity contribution in [2.45, 2.75) is 40.0 Å². The molecule has 1 rings (SSSR count). The van der Waals surface area contributed by atoms with Crippen molar-refractivity contribution in [3.63, 3.8) is 0 Å². The number of hydrogen-bond acceptors (Lipinski definition) is 3. The van der Waals surface area contributed by atoms with E-state index in [-0.39, 0.29) is 5.41 Å². The number of anilines is 1. The predicted molar refractivity (Wildman–Crippen MR) is 77.0 cm³/mol. The number of aromatic nitrogens is 2. The van der Waals surface area contributed by atoms with Crippen LogP contribution >= 0.6 is 27.5 Å². The molecule has 1 aromatic rings. The second-order valence-corrected chi connectivity index (χ2v) is 6.05. The molecule has 0 bridgehead atoms. The van der Waals surface area contributed by atoms with Gasteiger partial charge in [-0.15, -0.1) is 0 Å². The highest BCUT2D eigenvalue weighted by Gasteiger charge is 2.23. The lowest BCUT2D eigenvalue weighted by Gasteiger charge is -2.24. The molecule has 0 unspecified atom stereocenters. The van der Waals surface area contributed by atoms with E-state index in [1.165, 1.54) is 0 Å². The minimum atomic E-state index is -0.0622. The summed E-state index contributed by atoms with van der Waals surface area (Å²) in [6.07, 6.45) is 0. The SMILES string of the molecule is CCN(CC)c1nc(Cl)c(Br)c(C(C)(C)C)n1. The van der Waals surface area contributed by atoms with Crippen molar-refractivity contribution in [1.82, 2.24) is 9.97 Å². The van der Waals surface area contributed by atoms with Crippen molar-refractivity contribution in [1.29, 1.82) is 0 Å². The summed E-state index contributed by atoms with van der Waals surface area (Å²) in [5.74, 6) is 0.702. The van der Waals surface area contributed by atoms with Gasteiger partial charge in [-0.2, -0.15) is 4.98 Å². The van der Waals surface area contributed by atoms with Gasteiger partial charge in [0.25, 0.3) is 0 Å². The van der Waals surface area contributed by atoms with Crippen LogP contribution in [-0.2, 0) is 5.41 Å². The molecule has 0 saturated heterocycles. The Bertz CT molecular complexity index is 397. The fourth-order valence-corrected chi connectivity index (χ4v) is 2.49. The maximum Gasteiger partial charge on any atom is 0.227 e. The number of rotatable bonds is 3. The fraction of sp³-hybridized carbons (Fsp3) is 0.667. The van der Waals surface area contributed by atoms with Crippen molar-refractivity contribution >= 4 is 33.5 Å². The van der Waals surface area contributed by atoms with Crippen molar-refractivity contribution in [3.05, 3.63) is 15.3 Å². The van der Waals surface area contributed by atoms with E-state index in [2.05, 4.69) is 65.4 Å². The highest BCUT2D eigenvalue weighted by atomic mass is 79.9. The fourth-order valence-electron chi connectivity index (χ4n) is 1.55. The van der Waals surface area contributed by atoms with E-state index in [9.17, 15) is 0 Å². The summed E-state index contributed by atoms with van der Waals surface area (Å²) in [5, 5.41) is 0.479. The quantitative estimate of drug-likeness (QED) is 0.787. The van der Waals surface area contributed by atoms with Gasteiger partial charge in [0.15, 0.2) is 0 Å². The summed E-state index contributed by atoms with van der Waals surface area (Å²) in [7, 11) is 0. The molecule has 5 heteroatoms. The molecule has 3 nitrogen and oxygen atoms in total. The van der Waals surface area contributed by atoms with Crippen LogP contribution in [0.25, 0.3) is 0 Å². The van der Waals surface area contributed by atoms with Gasteiger partial charge in [-0.3, -0.25) is 0 Å². The average molecular weight is 321 g/mol. The number of hydrogen-bond donors (Lipinski definition) is 0. The summed E-state index contributed by atoms with van der Waals surface area (Å²) in [5.41, 5.74) is 0.882. The third kappa shape index (κ3) is 3.32. The van der Waals surface area contributed by atoms with Crippen LogP contribution in [0.2, 0.25) is 5.15 Å². The number of nitrogens with zero attached hydrogens (tertiary/aromatic N) is 3. The first-order chi connectivity index (χ1) is 7.81. The highest BCUT2D eigenvalue weighted by molar-refractivity contribution is 9.10. The molecule has 0 saturated carbocycles. The van der Waals surface area contributed by atoms with Gasteiger partial charge < -0.3 is 4.90 Å². The number of halogens is 2.